The van der Waals surface area contributed by atoms with E-state index in [4.69, 9.17) is 14.5 Å². The topological polar surface area (TPSA) is 119 Å². The van der Waals surface area contributed by atoms with Crippen molar-refractivity contribution in [1.82, 2.24) is 20.3 Å². The average Bonchev–Trinajstić information content (AvgIpc) is 3.59. The number of pyridine rings is 1. The van der Waals surface area contributed by atoms with E-state index in [0.29, 0.717) is 18.8 Å². The van der Waals surface area contributed by atoms with E-state index >= 15 is 0 Å². The Morgan fingerprint density at radius 1 is 1.02 bits per heavy atom. The highest BCUT2D eigenvalue weighted by atomic mass is 32.1. The van der Waals surface area contributed by atoms with Crippen LogP contribution in [0.5, 0.6) is 0 Å². The molecule has 1 amide bonds. The summed E-state index contributed by atoms with van der Waals surface area (Å²) < 4.78 is 11.0. The van der Waals surface area contributed by atoms with E-state index in [1.807, 2.05) is 43.3 Å². The van der Waals surface area contributed by atoms with E-state index in [1.165, 1.54) is 5.56 Å². The number of anilines is 2. The molecule has 1 atom stereocenters. The number of hydrogen-bond donors (Lipinski definition) is 2. The number of aryl methyl sites for hydroxylation is 1. The Hall–Kier alpha value is -4.51. The summed E-state index contributed by atoms with van der Waals surface area (Å²) in [6.45, 7) is 10.00. The minimum atomic E-state index is -0.894. The van der Waals surface area contributed by atoms with Crippen LogP contribution in [0.3, 0.4) is 0 Å². The van der Waals surface area contributed by atoms with Crippen LogP contribution in [0.15, 0.2) is 71.7 Å². The molecule has 1 aliphatic heterocycles. The molecule has 5 rings (SSSR count). The molecular formula is C36H44N6O4S. The molecule has 0 aliphatic carbocycles. The Bertz CT molecular complexity index is 1600. The summed E-state index contributed by atoms with van der Waals surface area (Å²) in [6.07, 6.45) is 3.60. The van der Waals surface area contributed by atoms with Crippen molar-refractivity contribution in [3.63, 3.8) is 0 Å². The van der Waals surface area contributed by atoms with Crippen LogP contribution >= 0.6 is 11.3 Å². The van der Waals surface area contributed by atoms with Gasteiger partial charge < -0.3 is 25.0 Å². The molecule has 0 radical (unpaired) electrons. The van der Waals surface area contributed by atoms with Crippen LogP contribution in [-0.2, 0) is 33.8 Å². The van der Waals surface area contributed by atoms with Gasteiger partial charge in [0.2, 0.25) is 0 Å². The first kappa shape index (κ1) is 33.8. The molecule has 0 unspecified atom stereocenters. The van der Waals surface area contributed by atoms with Gasteiger partial charge in [-0.3, -0.25) is 0 Å². The predicted molar refractivity (Wildman–Crippen MR) is 185 cm³/mol. The van der Waals surface area contributed by atoms with Crippen LogP contribution in [0.1, 0.15) is 74.0 Å². The summed E-state index contributed by atoms with van der Waals surface area (Å²) in [7, 11) is 0. The molecule has 3 aromatic heterocycles. The molecule has 0 spiro atoms. The lowest BCUT2D eigenvalue weighted by molar-refractivity contribution is -0.157. The largest absolute Gasteiger partial charge is 0.458 e. The Labute approximate surface area is 281 Å². The number of esters is 1. The second-order valence-electron chi connectivity index (χ2n) is 12.8. The Balaban J connectivity index is 1.18. The molecule has 11 heteroatoms. The molecule has 1 saturated heterocycles. The monoisotopic (exact) mass is 656 g/mol. The van der Waals surface area contributed by atoms with Gasteiger partial charge in [-0.05, 0) is 93.5 Å². The van der Waals surface area contributed by atoms with Crippen molar-refractivity contribution < 1.29 is 19.1 Å². The van der Waals surface area contributed by atoms with Gasteiger partial charge in [-0.1, -0.05) is 36.4 Å². The first-order chi connectivity index (χ1) is 22.6. The summed E-state index contributed by atoms with van der Waals surface area (Å²) in [5.41, 5.74) is 4.33. The standard InChI is InChI=1S/C36H44N6O4S/c1-25-29(13-14-31(34(43)46-36(2,3)4)41-35(44)45-22-26-9-6-5-7-10-26)38-24-39-33(25)42-18-15-28(16-19-42)30-11-8-12-32(40-30)37-21-27-17-20-47-23-27/h5-12,17,20,23-24,28,31H,13-16,18-19,21-22H2,1-4H3,(H,37,40)(H,41,44)/t31-/m0/s1. The summed E-state index contributed by atoms with van der Waals surface area (Å²) in [6, 6.07) is 16.8. The SMILES string of the molecule is Cc1c(CC[C@H](NC(=O)OCc2ccccc2)C(=O)OC(C)(C)C)ncnc1N1CCC(c2cccc(NCc3ccsc3)n2)CC1. The quantitative estimate of drug-likeness (QED) is 0.159. The number of nitrogens with one attached hydrogen (secondary N) is 2. The lowest BCUT2D eigenvalue weighted by Crippen LogP contribution is -2.44. The zero-order valence-corrected chi connectivity index (χ0v) is 28.4. The summed E-state index contributed by atoms with van der Waals surface area (Å²) in [5.74, 6) is 1.66. The van der Waals surface area contributed by atoms with Gasteiger partial charge in [0.15, 0.2) is 0 Å². The fraction of sp³-hybridized carbons (Fsp3) is 0.417. The lowest BCUT2D eigenvalue weighted by atomic mass is 9.92. The number of amides is 1. The number of alkyl carbamates (subject to hydrolysis) is 1. The number of hydrogen-bond acceptors (Lipinski definition) is 10. The molecule has 4 heterocycles. The molecular weight excluding hydrogens is 613 g/mol. The molecule has 1 aromatic carbocycles. The number of rotatable bonds is 12. The second-order valence-corrected chi connectivity index (χ2v) is 13.6. The molecule has 1 fully saturated rings. The smallest absolute Gasteiger partial charge is 0.408 e. The zero-order chi connectivity index (χ0) is 33.2. The van der Waals surface area contributed by atoms with Gasteiger partial charge in [-0.25, -0.2) is 24.5 Å². The molecule has 4 aromatic rings. The fourth-order valence-electron chi connectivity index (χ4n) is 5.61. The van der Waals surface area contributed by atoms with Crippen molar-refractivity contribution in [2.24, 2.45) is 0 Å². The van der Waals surface area contributed by atoms with Crippen molar-refractivity contribution >= 4 is 35.0 Å². The third-order valence-electron chi connectivity index (χ3n) is 8.06. The maximum Gasteiger partial charge on any atom is 0.408 e. The van der Waals surface area contributed by atoms with Crippen molar-refractivity contribution in [1.29, 1.82) is 0 Å². The number of ether oxygens (including phenoxy) is 2. The molecule has 1 aliphatic rings. The van der Waals surface area contributed by atoms with Crippen molar-refractivity contribution in [2.45, 2.75) is 84.1 Å². The van der Waals surface area contributed by atoms with E-state index in [-0.39, 0.29) is 6.61 Å². The second kappa shape index (κ2) is 15.9. The summed E-state index contributed by atoms with van der Waals surface area (Å²) in [5, 5.41) is 10.4. The van der Waals surface area contributed by atoms with Crippen LogP contribution in [0.2, 0.25) is 0 Å². The van der Waals surface area contributed by atoms with Gasteiger partial charge in [-0.2, -0.15) is 11.3 Å². The molecule has 0 bridgehead atoms. The highest BCUT2D eigenvalue weighted by molar-refractivity contribution is 7.07. The van der Waals surface area contributed by atoms with Crippen LogP contribution in [0.25, 0.3) is 0 Å². The third kappa shape index (κ3) is 9.99. The number of aromatic nitrogens is 3. The first-order valence-electron chi connectivity index (χ1n) is 16.1. The maximum absolute atomic E-state index is 13.1. The van der Waals surface area contributed by atoms with Gasteiger partial charge in [0, 0.05) is 42.5 Å². The van der Waals surface area contributed by atoms with Crippen LogP contribution in [0.4, 0.5) is 16.4 Å². The summed E-state index contributed by atoms with van der Waals surface area (Å²) >= 11 is 1.70. The third-order valence-corrected chi connectivity index (χ3v) is 8.80. The van der Waals surface area contributed by atoms with E-state index in [0.717, 1.165) is 66.6 Å². The van der Waals surface area contributed by atoms with Crippen molar-refractivity contribution in [3.05, 3.63) is 99.8 Å². The Morgan fingerprint density at radius 2 is 1.81 bits per heavy atom. The molecule has 2 N–H and O–H groups in total. The van der Waals surface area contributed by atoms with E-state index in [1.54, 1.807) is 38.4 Å². The van der Waals surface area contributed by atoms with Gasteiger partial charge in [0.1, 0.15) is 36.2 Å². The van der Waals surface area contributed by atoms with E-state index in [9.17, 15) is 9.59 Å². The number of benzene rings is 1. The van der Waals surface area contributed by atoms with Crippen molar-refractivity contribution in [2.75, 3.05) is 23.3 Å². The van der Waals surface area contributed by atoms with Gasteiger partial charge in [0.05, 0.1) is 0 Å². The number of carbonyl (C=O) groups excluding carboxylic acids is 2. The highest BCUT2D eigenvalue weighted by Crippen LogP contribution is 2.31. The minimum Gasteiger partial charge on any atom is -0.458 e. The highest BCUT2D eigenvalue weighted by Gasteiger charge is 2.29. The normalized spacial score (nSPS) is 14.3. The fourth-order valence-corrected chi connectivity index (χ4v) is 6.28. The minimum absolute atomic E-state index is 0.104. The maximum atomic E-state index is 13.1. The number of nitrogens with zero attached hydrogens (tertiary/aromatic N) is 4. The van der Waals surface area contributed by atoms with Gasteiger partial charge in [0.25, 0.3) is 0 Å². The van der Waals surface area contributed by atoms with Crippen LogP contribution < -0.4 is 15.5 Å². The Kier molecular flexibility index (Phi) is 11.4. The predicted octanol–water partition coefficient (Wildman–Crippen LogP) is 6.81. The first-order valence-corrected chi connectivity index (χ1v) is 17.1. The van der Waals surface area contributed by atoms with Crippen LogP contribution in [0, 0.1) is 6.92 Å². The lowest BCUT2D eigenvalue weighted by Gasteiger charge is -2.33. The molecule has 0 saturated carbocycles. The van der Waals surface area contributed by atoms with Crippen LogP contribution in [-0.4, -0.2) is 51.7 Å². The Morgan fingerprint density at radius 3 is 2.53 bits per heavy atom. The average molecular weight is 657 g/mol. The van der Waals surface area contributed by atoms with Gasteiger partial charge >= 0.3 is 12.1 Å². The molecule has 47 heavy (non-hydrogen) atoms. The number of carbonyl (C=O) groups is 2. The van der Waals surface area contributed by atoms with E-state index in [2.05, 4.69) is 54.5 Å². The zero-order valence-electron chi connectivity index (χ0n) is 27.6. The van der Waals surface area contributed by atoms with Crippen molar-refractivity contribution in [3.8, 4) is 0 Å². The molecule has 10 nitrogen and oxygen atoms in total. The van der Waals surface area contributed by atoms with E-state index < -0.39 is 23.7 Å². The number of thiophene rings is 1. The number of piperidine rings is 1. The molecule has 248 valence electrons. The van der Waals surface area contributed by atoms with Gasteiger partial charge in [-0.15, -0.1) is 0 Å². The summed E-state index contributed by atoms with van der Waals surface area (Å²) in [4.78, 5) is 42.2.